The molecule has 1 fully saturated rings. The van der Waals surface area contributed by atoms with Gasteiger partial charge in [-0.05, 0) is 49.6 Å². The molecule has 4 rings (SSSR count). The fourth-order valence-corrected chi connectivity index (χ4v) is 4.13. The highest BCUT2D eigenvalue weighted by Crippen LogP contribution is 2.40. The van der Waals surface area contributed by atoms with E-state index in [1.165, 1.54) is 12.1 Å². The molecule has 0 amide bonds. The Balaban J connectivity index is 2.10. The van der Waals surface area contributed by atoms with Crippen LogP contribution in [0.1, 0.15) is 29.8 Å². The standard InChI is InChI=1S/C20H17Cl2FN2O2/c21-12-5-4-6-13(9-12)25-17-11-15(22)16(23)10-14(17)18(19(25)20(26)27)24-7-2-1-3-8-24/h4-6,9-11H,1-3,7-8H2,(H,26,27). The van der Waals surface area contributed by atoms with Gasteiger partial charge in [0.05, 0.1) is 16.2 Å². The minimum absolute atomic E-state index is 0.0505. The van der Waals surface area contributed by atoms with Gasteiger partial charge < -0.3 is 14.6 Å². The van der Waals surface area contributed by atoms with E-state index in [4.69, 9.17) is 23.2 Å². The van der Waals surface area contributed by atoms with Crippen molar-refractivity contribution in [1.29, 1.82) is 0 Å². The number of anilines is 1. The molecule has 0 atom stereocenters. The zero-order chi connectivity index (χ0) is 19.1. The highest BCUT2D eigenvalue weighted by atomic mass is 35.5. The van der Waals surface area contributed by atoms with E-state index in [1.807, 2.05) is 4.90 Å². The van der Waals surface area contributed by atoms with E-state index in [0.717, 1.165) is 32.4 Å². The van der Waals surface area contributed by atoms with E-state index in [0.29, 0.717) is 27.3 Å². The maximum Gasteiger partial charge on any atom is 0.355 e. The zero-order valence-electron chi connectivity index (χ0n) is 14.4. The predicted octanol–water partition coefficient (Wildman–Crippen LogP) is 5.76. The fourth-order valence-electron chi connectivity index (χ4n) is 3.78. The Morgan fingerprint density at radius 2 is 1.81 bits per heavy atom. The van der Waals surface area contributed by atoms with Crippen molar-refractivity contribution < 1.29 is 14.3 Å². The van der Waals surface area contributed by atoms with Crippen LogP contribution in [0.25, 0.3) is 16.6 Å². The summed E-state index contributed by atoms with van der Waals surface area (Å²) in [4.78, 5) is 14.3. The van der Waals surface area contributed by atoms with Crippen LogP contribution in [0.15, 0.2) is 36.4 Å². The van der Waals surface area contributed by atoms with Crippen LogP contribution in [0.3, 0.4) is 0 Å². The van der Waals surface area contributed by atoms with Crippen LogP contribution < -0.4 is 4.90 Å². The normalized spacial score (nSPS) is 14.7. The molecule has 3 aromatic rings. The average Bonchev–Trinajstić information content (AvgIpc) is 2.97. The van der Waals surface area contributed by atoms with E-state index in [1.54, 1.807) is 28.8 Å². The molecule has 1 aliphatic heterocycles. The van der Waals surface area contributed by atoms with Gasteiger partial charge in [0.15, 0.2) is 5.69 Å². The summed E-state index contributed by atoms with van der Waals surface area (Å²) in [5.74, 6) is -1.65. The molecule has 0 bridgehead atoms. The predicted molar refractivity (Wildman–Crippen MR) is 106 cm³/mol. The van der Waals surface area contributed by atoms with Crippen LogP contribution >= 0.6 is 23.2 Å². The van der Waals surface area contributed by atoms with Crippen LogP contribution in [-0.4, -0.2) is 28.7 Å². The largest absolute Gasteiger partial charge is 0.476 e. The number of carbonyl (C=O) groups is 1. The second kappa shape index (κ2) is 7.06. The van der Waals surface area contributed by atoms with Gasteiger partial charge in [-0.25, -0.2) is 9.18 Å². The lowest BCUT2D eigenvalue weighted by molar-refractivity contribution is 0.0689. The number of carboxylic acids is 1. The molecule has 27 heavy (non-hydrogen) atoms. The van der Waals surface area contributed by atoms with Gasteiger partial charge in [0.2, 0.25) is 0 Å². The number of piperidine rings is 1. The molecular weight excluding hydrogens is 390 g/mol. The Hall–Kier alpha value is -2.24. The van der Waals surface area contributed by atoms with Gasteiger partial charge in [-0.3, -0.25) is 0 Å². The first kappa shape index (κ1) is 18.1. The molecule has 140 valence electrons. The van der Waals surface area contributed by atoms with Crippen LogP contribution in [0, 0.1) is 5.82 Å². The molecule has 2 heterocycles. The molecule has 2 aromatic carbocycles. The number of aromatic nitrogens is 1. The van der Waals surface area contributed by atoms with Crippen molar-refractivity contribution in [1.82, 2.24) is 4.57 Å². The SMILES string of the molecule is O=C(O)c1c(N2CCCCC2)c2cc(F)c(Cl)cc2n1-c1cccc(Cl)c1. The van der Waals surface area contributed by atoms with Crippen molar-refractivity contribution in [2.45, 2.75) is 19.3 Å². The minimum Gasteiger partial charge on any atom is -0.476 e. The lowest BCUT2D eigenvalue weighted by Gasteiger charge is -2.29. The van der Waals surface area contributed by atoms with Crippen LogP contribution in [0.4, 0.5) is 10.1 Å². The van der Waals surface area contributed by atoms with Gasteiger partial charge in [0.25, 0.3) is 0 Å². The van der Waals surface area contributed by atoms with E-state index >= 15 is 0 Å². The summed E-state index contributed by atoms with van der Waals surface area (Å²) >= 11 is 12.2. The number of aromatic carboxylic acids is 1. The minimum atomic E-state index is -1.08. The van der Waals surface area contributed by atoms with Crippen molar-refractivity contribution in [2.24, 2.45) is 0 Å². The Morgan fingerprint density at radius 1 is 1.07 bits per heavy atom. The third-order valence-electron chi connectivity index (χ3n) is 4.92. The third-order valence-corrected chi connectivity index (χ3v) is 5.45. The molecule has 7 heteroatoms. The topological polar surface area (TPSA) is 45.5 Å². The zero-order valence-corrected chi connectivity index (χ0v) is 15.9. The summed E-state index contributed by atoms with van der Waals surface area (Å²) in [5.41, 5.74) is 1.76. The molecular formula is C20H17Cl2FN2O2. The van der Waals surface area contributed by atoms with Gasteiger partial charge in [0, 0.05) is 29.2 Å². The van der Waals surface area contributed by atoms with Gasteiger partial charge in [0.1, 0.15) is 5.82 Å². The van der Waals surface area contributed by atoms with Crippen LogP contribution in [-0.2, 0) is 0 Å². The lowest BCUT2D eigenvalue weighted by Crippen LogP contribution is -2.30. The number of rotatable bonds is 3. The van der Waals surface area contributed by atoms with E-state index in [2.05, 4.69) is 0 Å². The number of halogens is 3. The van der Waals surface area contributed by atoms with Gasteiger partial charge >= 0.3 is 5.97 Å². The van der Waals surface area contributed by atoms with Gasteiger partial charge in [-0.15, -0.1) is 0 Å². The smallest absolute Gasteiger partial charge is 0.355 e. The van der Waals surface area contributed by atoms with Crippen LogP contribution in [0.2, 0.25) is 10.0 Å². The van der Waals surface area contributed by atoms with Crippen molar-refractivity contribution in [2.75, 3.05) is 18.0 Å². The summed E-state index contributed by atoms with van der Waals surface area (Å²) in [6, 6.07) is 9.73. The van der Waals surface area contributed by atoms with E-state index in [9.17, 15) is 14.3 Å². The third kappa shape index (κ3) is 3.15. The van der Waals surface area contributed by atoms with E-state index < -0.39 is 11.8 Å². The summed E-state index contributed by atoms with van der Waals surface area (Å²) < 4.78 is 15.9. The first-order chi connectivity index (χ1) is 13.0. The highest BCUT2D eigenvalue weighted by Gasteiger charge is 2.29. The molecule has 1 aliphatic rings. The second-order valence-corrected chi connectivity index (χ2v) is 7.49. The molecule has 0 spiro atoms. The first-order valence-corrected chi connectivity index (χ1v) is 9.50. The molecule has 1 aromatic heterocycles. The quantitative estimate of drug-likeness (QED) is 0.600. The number of fused-ring (bicyclic) bond motifs is 1. The summed E-state index contributed by atoms with van der Waals surface area (Å²) in [6.07, 6.45) is 3.05. The second-order valence-electron chi connectivity index (χ2n) is 6.65. The summed E-state index contributed by atoms with van der Waals surface area (Å²) in [6.45, 7) is 1.47. The Kier molecular flexibility index (Phi) is 4.74. The number of carboxylic acid groups (broad SMARTS) is 1. The molecule has 1 N–H and O–H groups in total. The van der Waals surface area contributed by atoms with Crippen molar-refractivity contribution in [3.05, 3.63) is 58.0 Å². The Morgan fingerprint density at radius 3 is 2.48 bits per heavy atom. The Bertz CT molecular complexity index is 1040. The summed E-state index contributed by atoms with van der Waals surface area (Å²) in [7, 11) is 0. The maximum absolute atomic E-state index is 14.3. The average molecular weight is 407 g/mol. The monoisotopic (exact) mass is 406 g/mol. The van der Waals surface area contributed by atoms with Crippen LogP contribution in [0.5, 0.6) is 0 Å². The van der Waals surface area contributed by atoms with Crippen molar-refractivity contribution >= 4 is 45.8 Å². The number of benzene rings is 2. The number of hydrogen-bond acceptors (Lipinski definition) is 2. The van der Waals surface area contributed by atoms with Crippen molar-refractivity contribution in [3.8, 4) is 5.69 Å². The molecule has 0 radical (unpaired) electrons. The first-order valence-electron chi connectivity index (χ1n) is 8.75. The van der Waals surface area contributed by atoms with Gasteiger partial charge in [-0.2, -0.15) is 0 Å². The highest BCUT2D eigenvalue weighted by molar-refractivity contribution is 6.32. The molecule has 1 saturated heterocycles. The molecule has 0 saturated carbocycles. The maximum atomic E-state index is 14.3. The molecule has 4 nitrogen and oxygen atoms in total. The summed E-state index contributed by atoms with van der Waals surface area (Å²) in [5, 5.41) is 11.0. The number of nitrogens with zero attached hydrogens (tertiary/aromatic N) is 2. The van der Waals surface area contributed by atoms with Gasteiger partial charge in [-0.1, -0.05) is 29.3 Å². The lowest BCUT2D eigenvalue weighted by atomic mass is 10.1. The molecule has 0 unspecified atom stereocenters. The van der Waals surface area contributed by atoms with E-state index in [-0.39, 0.29) is 10.7 Å². The Labute approximate surface area is 165 Å². The molecule has 0 aliphatic carbocycles. The van der Waals surface area contributed by atoms with Crippen molar-refractivity contribution in [3.63, 3.8) is 0 Å². The number of hydrogen-bond donors (Lipinski definition) is 1. The fraction of sp³-hybridized carbons (Fsp3) is 0.250.